The van der Waals surface area contributed by atoms with E-state index in [9.17, 15) is 0 Å². The Morgan fingerprint density at radius 3 is 2.94 bits per heavy atom. The van der Waals surface area contributed by atoms with E-state index in [1.165, 1.54) is 0 Å². The van der Waals surface area contributed by atoms with E-state index in [2.05, 4.69) is 36.4 Å². The predicted octanol–water partition coefficient (Wildman–Crippen LogP) is 2.26. The first-order valence-electron chi connectivity index (χ1n) is 6.45. The standard InChI is InChI=1S/C13H23N3OS/c1-13(2,3)14-7-10-9-18-12(15-10)16-6-5-11(8-16)17-4/h9,11,14H,5-8H2,1-4H3. The van der Waals surface area contributed by atoms with Crippen molar-refractivity contribution in [3.05, 3.63) is 11.1 Å². The quantitative estimate of drug-likeness (QED) is 0.910. The first-order valence-corrected chi connectivity index (χ1v) is 7.33. The fourth-order valence-corrected chi connectivity index (χ4v) is 2.84. The van der Waals surface area contributed by atoms with Gasteiger partial charge < -0.3 is 15.0 Å². The second kappa shape index (κ2) is 5.55. The Labute approximate surface area is 113 Å². The van der Waals surface area contributed by atoms with Crippen LogP contribution in [0.3, 0.4) is 0 Å². The highest BCUT2D eigenvalue weighted by Crippen LogP contribution is 2.25. The van der Waals surface area contributed by atoms with E-state index >= 15 is 0 Å². The summed E-state index contributed by atoms with van der Waals surface area (Å²) in [6.07, 6.45) is 1.47. The van der Waals surface area contributed by atoms with Gasteiger partial charge >= 0.3 is 0 Å². The van der Waals surface area contributed by atoms with Crippen molar-refractivity contribution in [2.45, 2.75) is 45.4 Å². The minimum Gasteiger partial charge on any atom is -0.380 e. The van der Waals surface area contributed by atoms with Gasteiger partial charge in [0.15, 0.2) is 5.13 Å². The molecule has 1 aliphatic heterocycles. The van der Waals surface area contributed by atoms with Gasteiger partial charge in [0.25, 0.3) is 0 Å². The molecule has 0 bridgehead atoms. The highest BCUT2D eigenvalue weighted by atomic mass is 32.1. The summed E-state index contributed by atoms with van der Waals surface area (Å²) in [6, 6.07) is 0. The Balaban J connectivity index is 1.90. The van der Waals surface area contributed by atoms with Gasteiger partial charge in [-0.1, -0.05) is 0 Å². The Hall–Kier alpha value is -0.650. The van der Waals surface area contributed by atoms with E-state index in [1.54, 1.807) is 18.4 Å². The maximum Gasteiger partial charge on any atom is 0.185 e. The summed E-state index contributed by atoms with van der Waals surface area (Å²) in [5, 5.41) is 6.74. The van der Waals surface area contributed by atoms with Gasteiger partial charge in [0.1, 0.15) is 0 Å². The summed E-state index contributed by atoms with van der Waals surface area (Å²) in [5.74, 6) is 0. The molecule has 1 saturated heterocycles. The lowest BCUT2D eigenvalue weighted by molar-refractivity contribution is 0.121. The Kier molecular flexibility index (Phi) is 4.25. The summed E-state index contributed by atoms with van der Waals surface area (Å²) < 4.78 is 5.38. The van der Waals surface area contributed by atoms with Crippen LogP contribution in [0.25, 0.3) is 0 Å². The fraction of sp³-hybridized carbons (Fsp3) is 0.769. The van der Waals surface area contributed by atoms with Crippen LogP contribution in [0.5, 0.6) is 0 Å². The van der Waals surface area contributed by atoms with Gasteiger partial charge in [-0.05, 0) is 27.2 Å². The largest absolute Gasteiger partial charge is 0.380 e. The van der Waals surface area contributed by atoms with Crippen LogP contribution in [-0.4, -0.2) is 36.8 Å². The van der Waals surface area contributed by atoms with Crippen molar-refractivity contribution in [3.8, 4) is 0 Å². The van der Waals surface area contributed by atoms with Crippen LogP contribution in [-0.2, 0) is 11.3 Å². The zero-order valence-corrected chi connectivity index (χ0v) is 12.5. The number of methoxy groups -OCH3 is 1. The summed E-state index contributed by atoms with van der Waals surface area (Å²) in [7, 11) is 1.79. The van der Waals surface area contributed by atoms with Gasteiger partial charge in [0, 0.05) is 37.7 Å². The molecular weight excluding hydrogens is 246 g/mol. The molecule has 1 aromatic rings. The third kappa shape index (κ3) is 3.67. The second-order valence-electron chi connectivity index (χ2n) is 5.82. The van der Waals surface area contributed by atoms with Crippen molar-refractivity contribution >= 4 is 16.5 Å². The minimum absolute atomic E-state index is 0.137. The number of ether oxygens (including phenoxy) is 1. The average Bonchev–Trinajstić information content (AvgIpc) is 2.94. The van der Waals surface area contributed by atoms with Crippen LogP contribution >= 0.6 is 11.3 Å². The van der Waals surface area contributed by atoms with Crippen molar-refractivity contribution in [2.24, 2.45) is 0 Å². The second-order valence-corrected chi connectivity index (χ2v) is 6.65. The highest BCUT2D eigenvalue weighted by molar-refractivity contribution is 7.13. The molecule has 4 nitrogen and oxygen atoms in total. The zero-order valence-electron chi connectivity index (χ0n) is 11.7. The predicted molar refractivity (Wildman–Crippen MR) is 76.3 cm³/mol. The Bertz CT molecular complexity index is 386. The number of nitrogens with zero attached hydrogens (tertiary/aromatic N) is 2. The normalized spacial score (nSPS) is 20.7. The lowest BCUT2D eigenvalue weighted by Crippen LogP contribution is -2.35. The van der Waals surface area contributed by atoms with Crippen molar-refractivity contribution in [3.63, 3.8) is 0 Å². The van der Waals surface area contributed by atoms with Crippen LogP contribution < -0.4 is 10.2 Å². The first kappa shape index (κ1) is 13.8. The Morgan fingerprint density at radius 1 is 1.56 bits per heavy atom. The van der Waals surface area contributed by atoms with Crippen LogP contribution in [0.4, 0.5) is 5.13 Å². The third-order valence-corrected chi connectivity index (χ3v) is 4.04. The summed E-state index contributed by atoms with van der Waals surface area (Å²) in [6.45, 7) is 9.37. The number of nitrogens with one attached hydrogen (secondary N) is 1. The molecule has 0 radical (unpaired) electrons. The molecule has 0 amide bonds. The van der Waals surface area contributed by atoms with E-state index < -0.39 is 0 Å². The molecule has 18 heavy (non-hydrogen) atoms. The third-order valence-electron chi connectivity index (χ3n) is 3.09. The number of thiazole rings is 1. The van der Waals surface area contributed by atoms with Crippen LogP contribution in [0.2, 0.25) is 0 Å². The molecule has 2 rings (SSSR count). The topological polar surface area (TPSA) is 37.4 Å². The number of anilines is 1. The minimum atomic E-state index is 0.137. The van der Waals surface area contributed by atoms with E-state index in [1.807, 2.05) is 0 Å². The number of aromatic nitrogens is 1. The molecule has 0 aromatic carbocycles. The van der Waals surface area contributed by atoms with E-state index in [4.69, 9.17) is 9.72 Å². The molecule has 1 atom stereocenters. The van der Waals surface area contributed by atoms with Crippen LogP contribution in [0, 0.1) is 0 Å². The van der Waals surface area contributed by atoms with Crippen LogP contribution in [0.15, 0.2) is 5.38 Å². The van der Waals surface area contributed by atoms with Crippen molar-refractivity contribution in [2.75, 3.05) is 25.1 Å². The molecule has 0 spiro atoms. The maximum absolute atomic E-state index is 5.38. The molecule has 1 aromatic heterocycles. The summed E-state index contributed by atoms with van der Waals surface area (Å²) >= 11 is 1.73. The van der Waals surface area contributed by atoms with E-state index in [0.29, 0.717) is 6.10 Å². The fourth-order valence-electron chi connectivity index (χ4n) is 1.97. The zero-order chi connectivity index (χ0) is 13.2. The highest BCUT2D eigenvalue weighted by Gasteiger charge is 2.24. The summed E-state index contributed by atoms with van der Waals surface area (Å²) in [4.78, 5) is 7.01. The first-order chi connectivity index (χ1) is 8.48. The van der Waals surface area contributed by atoms with Gasteiger partial charge in [0.05, 0.1) is 11.8 Å². The molecule has 1 fully saturated rings. The Morgan fingerprint density at radius 2 is 2.33 bits per heavy atom. The molecule has 0 saturated carbocycles. The lowest BCUT2D eigenvalue weighted by Gasteiger charge is -2.19. The molecule has 5 heteroatoms. The van der Waals surface area contributed by atoms with Gasteiger partial charge in [-0.2, -0.15) is 0 Å². The smallest absolute Gasteiger partial charge is 0.185 e. The SMILES string of the molecule is COC1CCN(c2nc(CNC(C)(C)C)cs2)C1. The molecule has 0 aliphatic carbocycles. The van der Waals surface area contributed by atoms with Crippen molar-refractivity contribution < 1.29 is 4.74 Å². The maximum atomic E-state index is 5.38. The van der Waals surface area contributed by atoms with Crippen LogP contribution in [0.1, 0.15) is 32.9 Å². The van der Waals surface area contributed by atoms with Crippen molar-refractivity contribution in [1.82, 2.24) is 10.3 Å². The molecular formula is C13H23N3OS. The summed E-state index contributed by atoms with van der Waals surface area (Å²) in [5.41, 5.74) is 1.27. The molecule has 1 aliphatic rings. The molecule has 102 valence electrons. The number of hydrogen-bond acceptors (Lipinski definition) is 5. The van der Waals surface area contributed by atoms with Gasteiger partial charge in [-0.25, -0.2) is 4.98 Å². The number of hydrogen-bond donors (Lipinski definition) is 1. The van der Waals surface area contributed by atoms with E-state index in [-0.39, 0.29) is 5.54 Å². The van der Waals surface area contributed by atoms with Gasteiger partial charge in [-0.15, -0.1) is 11.3 Å². The molecule has 2 heterocycles. The van der Waals surface area contributed by atoms with E-state index in [0.717, 1.165) is 36.9 Å². The molecule has 1 N–H and O–H groups in total. The molecule has 1 unspecified atom stereocenters. The van der Waals surface area contributed by atoms with Gasteiger partial charge in [0.2, 0.25) is 0 Å². The lowest BCUT2D eigenvalue weighted by atomic mass is 10.1. The number of rotatable bonds is 4. The average molecular weight is 269 g/mol. The monoisotopic (exact) mass is 269 g/mol. The van der Waals surface area contributed by atoms with Crippen molar-refractivity contribution in [1.29, 1.82) is 0 Å². The van der Waals surface area contributed by atoms with Gasteiger partial charge in [-0.3, -0.25) is 0 Å².